The third kappa shape index (κ3) is 2.42. The molecule has 1 nitrogen and oxygen atoms in total. The van der Waals surface area contributed by atoms with Crippen LogP contribution in [0.3, 0.4) is 0 Å². The lowest BCUT2D eigenvalue weighted by atomic mass is 10.0. The molecule has 0 fully saturated rings. The summed E-state index contributed by atoms with van der Waals surface area (Å²) in [5, 5.41) is 0. The van der Waals surface area contributed by atoms with Crippen molar-refractivity contribution in [3.8, 4) is 0 Å². The highest BCUT2D eigenvalue weighted by atomic mass is 19.1. The van der Waals surface area contributed by atoms with Crippen molar-refractivity contribution in [1.82, 2.24) is 0 Å². The first kappa shape index (κ1) is 10.9. The van der Waals surface area contributed by atoms with Gasteiger partial charge in [0.15, 0.2) is 0 Å². The number of rotatable bonds is 4. The molecule has 0 aromatic heterocycles. The van der Waals surface area contributed by atoms with E-state index in [0.717, 1.165) is 12.8 Å². The number of aryl methyl sites for hydroxylation is 1. The lowest BCUT2D eigenvalue weighted by Crippen LogP contribution is -2.12. The molecule has 0 saturated carbocycles. The second-order valence-electron chi connectivity index (χ2n) is 3.45. The van der Waals surface area contributed by atoms with Crippen molar-refractivity contribution in [3.63, 3.8) is 0 Å². The van der Waals surface area contributed by atoms with Crippen molar-refractivity contribution in [2.75, 3.05) is 0 Å². The molecule has 2 N–H and O–H groups in total. The van der Waals surface area contributed by atoms with E-state index < -0.39 is 0 Å². The van der Waals surface area contributed by atoms with Crippen LogP contribution in [0.5, 0.6) is 0 Å². The van der Waals surface area contributed by atoms with E-state index in [2.05, 4.69) is 6.58 Å². The van der Waals surface area contributed by atoms with Gasteiger partial charge in [-0.1, -0.05) is 24.3 Å². The molecule has 0 saturated heterocycles. The maximum atomic E-state index is 13.6. The zero-order chi connectivity index (χ0) is 10.6. The molecule has 0 amide bonds. The van der Waals surface area contributed by atoms with Crippen LogP contribution in [0.15, 0.2) is 30.9 Å². The summed E-state index contributed by atoms with van der Waals surface area (Å²) in [6.07, 6.45) is 3.35. The number of nitrogens with two attached hydrogens (primary N) is 1. The van der Waals surface area contributed by atoms with Gasteiger partial charge in [-0.05, 0) is 25.3 Å². The van der Waals surface area contributed by atoms with E-state index in [9.17, 15) is 4.39 Å². The van der Waals surface area contributed by atoms with E-state index in [1.165, 1.54) is 0 Å². The molecule has 0 aliphatic rings. The summed E-state index contributed by atoms with van der Waals surface area (Å²) in [7, 11) is 0. The topological polar surface area (TPSA) is 26.0 Å². The first-order valence-corrected chi connectivity index (χ1v) is 4.78. The maximum absolute atomic E-state index is 13.6. The molecule has 1 atom stereocenters. The van der Waals surface area contributed by atoms with Gasteiger partial charge in [0.05, 0.1) is 0 Å². The summed E-state index contributed by atoms with van der Waals surface area (Å²) >= 11 is 0. The minimum absolute atomic E-state index is 0.177. The van der Waals surface area contributed by atoms with Gasteiger partial charge in [-0.3, -0.25) is 0 Å². The Hall–Kier alpha value is -1.15. The van der Waals surface area contributed by atoms with Crippen LogP contribution in [-0.4, -0.2) is 0 Å². The number of benzene rings is 1. The van der Waals surface area contributed by atoms with E-state index in [1.807, 2.05) is 6.07 Å². The van der Waals surface area contributed by atoms with Gasteiger partial charge in [0, 0.05) is 11.6 Å². The molecule has 1 rings (SSSR count). The molecule has 1 aromatic carbocycles. The fourth-order valence-corrected chi connectivity index (χ4v) is 1.41. The van der Waals surface area contributed by atoms with Crippen LogP contribution < -0.4 is 5.73 Å². The largest absolute Gasteiger partial charge is 0.324 e. The number of allylic oxidation sites excluding steroid dienone is 1. The molecule has 1 unspecified atom stereocenters. The molecule has 2 heteroatoms. The Morgan fingerprint density at radius 2 is 2.29 bits per heavy atom. The summed E-state index contributed by atoms with van der Waals surface area (Å²) < 4.78 is 13.6. The normalized spacial score (nSPS) is 12.5. The Morgan fingerprint density at radius 3 is 2.93 bits per heavy atom. The van der Waals surface area contributed by atoms with Crippen molar-refractivity contribution >= 4 is 0 Å². The SMILES string of the molecule is C=CCCC(N)c1cccc(C)c1F. The predicted octanol–water partition coefficient (Wildman–Crippen LogP) is 3.10. The van der Waals surface area contributed by atoms with Gasteiger partial charge in [-0.25, -0.2) is 4.39 Å². The Bertz CT molecular complexity index is 320. The first-order valence-electron chi connectivity index (χ1n) is 4.78. The van der Waals surface area contributed by atoms with Gasteiger partial charge >= 0.3 is 0 Å². The Balaban J connectivity index is 2.83. The zero-order valence-corrected chi connectivity index (χ0v) is 8.46. The highest BCUT2D eigenvalue weighted by molar-refractivity contribution is 5.27. The predicted molar refractivity (Wildman–Crippen MR) is 57.5 cm³/mol. The van der Waals surface area contributed by atoms with Crippen LogP contribution in [0.25, 0.3) is 0 Å². The van der Waals surface area contributed by atoms with Gasteiger partial charge < -0.3 is 5.73 Å². The van der Waals surface area contributed by atoms with Crippen molar-refractivity contribution in [3.05, 3.63) is 47.8 Å². The minimum Gasteiger partial charge on any atom is -0.324 e. The standard InChI is InChI=1S/C12H16FN/c1-3-4-8-11(14)10-7-5-6-9(2)12(10)13/h3,5-7,11H,1,4,8,14H2,2H3. The van der Waals surface area contributed by atoms with Crippen molar-refractivity contribution in [1.29, 1.82) is 0 Å². The molecule has 0 radical (unpaired) electrons. The summed E-state index contributed by atoms with van der Waals surface area (Å²) in [6.45, 7) is 5.37. The number of halogens is 1. The lowest BCUT2D eigenvalue weighted by Gasteiger charge is -2.12. The highest BCUT2D eigenvalue weighted by Gasteiger charge is 2.11. The number of hydrogen-bond acceptors (Lipinski definition) is 1. The molecule has 1 aromatic rings. The highest BCUT2D eigenvalue weighted by Crippen LogP contribution is 2.21. The second-order valence-corrected chi connectivity index (χ2v) is 3.45. The van der Waals surface area contributed by atoms with Crippen LogP contribution >= 0.6 is 0 Å². The number of hydrogen-bond donors (Lipinski definition) is 1. The van der Waals surface area contributed by atoms with E-state index >= 15 is 0 Å². The first-order chi connectivity index (χ1) is 6.66. The summed E-state index contributed by atoms with van der Waals surface area (Å²) in [4.78, 5) is 0. The third-order valence-electron chi connectivity index (χ3n) is 2.30. The van der Waals surface area contributed by atoms with Gasteiger partial charge in [-0.15, -0.1) is 6.58 Å². The van der Waals surface area contributed by atoms with E-state index in [-0.39, 0.29) is 11.9 Å². The average molecular weight is 193 g/mol. The van der Waals surface area contributed by atoms with Gasteiger partial charge in [0.1, 0.15) is 5.82 Å². The molecule has 76 valence electrons. The monoisotopic (exact) mass is 193 g/mol. The summed E-state index contributed by atoms with van der Waals surface area (Å²) in [6, 6.07) is 5.10. The summed E-state index contributed by atoms with van der Waals surface area (Å²) in [5.74, 6) is -0.177. The van der Waals surface area contributed by atoms with Gasteiger partial charge in [0.2, 0.25) is 0 Å². The van der Waals surface area contributed by atoms with Crippen LogP contribution in [0.2, 0.25) is 0 Å². The fraction of sp³-hybridized carbons (Fsp3) is 0.333. The quantitative estimate of drug-likeness (QED) is 0.730. The molecule has 0 aliphatic heterocycles. The molecule has 0 aliphatic carbocycles. The van der Waals surface area contributed by atoms with E-state index in [1.54, 1.807) is 25.1 Å². The van der Waals surface area contributed by atoms with Crippen molar-refractivity contribution < 1.29 is 4.39 Å². The average Bonchev–Trinajstić information content (AvgIpc) is 2.18. The van der Waals surface area contributed by atoms with Crippen LogP contribution in [-0.2, 0) is 0 Å². The van der Waals surface area contributed by atoms with Crippen molar-refractivity contribution in [2.24, 2.45) is 5.73 Å². The Kier molecular flexibility index (Phi) is 3.84. The van der Waals surface area contributed by atoms with Crippen molar-refractivity contribution in [2.45, 2.75) is 25.8 Å². The third-order valence-corrected chi connectivity index (χ3v) is 2.30. The van der Waals surface area contributed by atoms with Gasteiger partial charge in [-0.2, -0.15) is 0 Å². The van der Waals surface area contributed by atoms with Crippen LogP contribution in [0.1, 0.15) is 30.0 Å². The molecular weight excluding hydrogens is 177 g/mol. The molecule has 0 spiro atoms. The molecule has 0 bridgehead atoms. The molecule has 0 heterocycles. The van der Waals surface area contributed by atoms with E-state index in [0.29, 0.717) is 11.1 Å². The van der Waals surface area contributed by atoms with Gasteiger partial charge in [0.25, 0.3) is 0 Å². The van der Waals surface area contributed by atoms with Crippen LogP contribution in [0.4, 0.5) is 4.39 Å². The Labute approximate surface area is 84.4 Å². The molecule has 14 heavy (non-hydrogen) atoms. The fourth-order valence-electron chi connectivity index (χ4n) is 1.41. The van der Waals surface area contributed by atoms with Crippen LogP contribution in [0, 0.1) is 12.7 Å². The van der Waals surface area contributed by atoms with E-state index in [4.69, 9.17) is 5.73 Å². The molecular formula is C12H16FN. The Morgan fingerprint density at radius 1 is 1.57 bits per heavy atom. The lowest BCUT2D eigenvalue weighted by molar-refractivity contribution is 0.560. The minimum atomic E-state index is -0.229. The summed E-state index contributed by atoms with van der Waals surface area (Å²) in [5.41, 5.74) is 7.12. The smallest absolute Gasteiger partial charge is 0.130 e. The zero-order valence-electron chi connectivity index (χ0n) is 8.46. The maximum Gasteiger partial charge on any atom is 0.130 e. The second kappa shape index (κ2) is 4.91.